The van der Waals surface area contributed by atoms with Crippen LogP contribution in [-0.2, 0) is 22.4 Å². The molecule has 0 bridgehead atoms. The zero-order valence-electron chi connectivity index (χ0n) is 8.82. The Morgan fingerprint density at radius 3 is 2.93 bits per heavy atom. The van der Waals surface area contributed by atoms with Crippen LogP contribution in [0.15, 0.2) is 18.2 Å². The molecule has 0 heterocycles. The number of methoxy groups -OCH3 is 1. The van der Waals surface area contributed by atoms with Crippen LogP contribution in [0.2, 0.25) is 0 Å². The highest BCUT2D eigenvalue weighted by atomic mass is 16.5. The van der Waals surface area contributed by atoms with Crippen molar-refractivity contribution >= 4 is 11.7 Å². The van der Waals surface area contributed by atoms with Crippen LogP contribution in [0.5, 0.6) is 0 Å². The lowest BCUT2D eigenvalue weighted by Crippen LogP contribution is -2.09. The van der Waals surface area contributed by atoms with E-state index in [-0.39, 0.29) is 5.97 Å². The number of hydrogen-bond donors (Lipinski definition) is 1. The van der Waals surface area contributed by atoms with Crippen molar-refractivity contribution in [1.82, 2.24) is 0 Å². The number of benzene rings is 1. The first-order valence-corrected chi connectivity index (χ1v) is 5.13. The summed E-state index contributed by atoms with van der Waals surface area (Å²) in [7, 11) is 1.43. The molecule has 0 amide bonds. The van der Waals surface area contributed by atoms with Crippen LogP contribution in [0, 0.1) is 5.92 Å². The summed E-state index contributed by atoms with van der Waals surface area (Å²) >= 11 is 0. The molecule has 3 heteroatoms. The molecule has 0 saturated heterocycles. The summed E-state index contributed by atoms with van der Waals surface area (Å²) < 4.78 is 4.67. The van der Waals surface area contributed by atoms with Crippen molar-refractivity contribution in [1.29, 1.82) is 0 Å². The van der Waals surface area contributed by atoms with Crippen molar-refractivity contribution < 1.29 is 9.53 Å². The largest absolute Gasteiger partial charge is 0.469 e. The molecular weight excluding hydrogens is 190 g/mol. The minimum atomic E-state index is -0.124. The molecule has 0 saturated carbocycles. The van der Waals surface area contributed by atoms with E-state index in [1.807, 2.05) is 12.1 Å². The number of nitrogen functional groups attached to an aromatic ring is 1. The van der Waals surface area contributed by atoms with Gasteiger partial charge in [0, 0.05) is 12.1 Å². The van der Waals surface area contributed by atoms with Gasteiger partial charge in [0.15, 0.2) is 0 Å². The monoisotopic (exact) mass is 205 g/mol. The topological polar surface area (TPSA) is 52.3 Å². The number of carbonyl (C=O) groups is 1. The minimum Gasteiger partial charge on any atom is -0.469 e. The summed E-state index contributed by atoms with van der Waals surface area (Å²) in [4.78, 5) is 11.1. The molecular formula is C12H15NO2. The smallest absolute Gasteiger partial charge is 0.305 e. The van der Waals surface area contributed by atoms with Gasteiger partial charge in [0.2, 0.25) is 0 Å². The molecule has 0 aromatic heterocycles. The molecule has 2 N–H and O–H groups in total. The van der Waals surface area contributed by atoms with Crippen molar-refractivity contribution in [2.75, 3.05) is 12.8 Å². The van der Waals surface area contributed by atoms with E-state index in [0.717, 1.165) is 18.5 Å². The molecule has 15 heavy (non-hydrogen) atoms. The summed E-state index contributed by atoms with van der Waals surface area (Å²) in [5.74, 6) is 0.259. The molecule has 0 radical (unpaired) electrons. The van der Waals surface area contributed by atoms with Crippen molar-refractivity contribution in [2.24, 2.45) is 5.92 Å². The van der Waals surface area contributed by atoms with Crippen LogP contribution in [0.3, 0.4) is 0 Å². The Labute approximate surface area is 89.2 Å². The maximum atomic E-state index is 11.1. The zero-order chi connectivity index (χ0) is 10.8. The second-order valence-electron chi connectivity index (χ2n) is 4.08. The third kappa shape index (κ3) is 2.12. The quantitative estimate of drug-likeness (QED) is 0.588. The molecule has 1 unspecified atom stereocenters. The summed E-state index contributed by atoms with van der Waals surface area (Å²) in [5.41, 5.74) is 9.11. The number of nitrogens with two attached hydrogens (primary N) is 1. The van der Waals surface area contributed by atoms with E-state index < -0.39 is 0 Å². The van der Waals surface area contributed by atoms with Gasteiger partial charge in [-0.1, -0.05) is 6.07 Å². The lowest BCUT2D eigenvalue weighted by molar-refractivity contribution is -0.141. The minimum absolute atomic E-state index is 0.124. The third-order valence-corrected chi connectivity index (χ3v) is 2.93. The number of hydrogen-bond acceptors (Lipinski definition) is 3. The summed E-state index contributed by atoms with van der Waals surface area (Å²) in [5, 5.41) is 0. The lowest BCUT2D eigenvalue weighted by atomic mass is 10.0. The fraction of sp³-hybridized carbons (Fsp3) is 0.417. The van der Waals surface area contributed by atoms with Crippen molar-refractivity contribution in [3.05, 3.63) is 29.3 Å². The third-order valence-electron chi connectivity index (χ3n) is 2.93. The average Bonchev–Trinajstić information content (AvgIpc) is 2.59. The molecule has 0 aliphatic heterocycles. The van der Waals surface area contributed by atoms with Gasteiger partial charge >= 0.3 is 5.97 Å². The first-order valence-electron chi connectivity index (χ1n) is 5.13. The number of anilines is 1. The number of fused-ring (bicyclic) bond motifs is 1. The van der Waals surface area contributed by atoms with Gasteiger partial charge in [-0.05, 0) is 42.0 Å². The summed E-state index contributed by atoms with van der Waals surface area (Å²) in [6, 6.07) is 5.98. The molecule has 2 rings (SSSR count). The van der Waals surface area contributed by atoms with Gasteiger partial charge < -0.3 is 10.5 Å². The number of ether oxygens (including phenoxy) is 1. The SMILES string of the molecule is COC(=O)CC1Cc2ccc(N)cc2C1. The molecule has 0 spiro atoms. The average molecular weight is 205 g/mol. The molecule has 1 atom stereocenters. The molecule has 3 nitrogen and oxygen atoms in total. The molecule has 1 aromatic carbocycles. The molecule has 1 aliphatic rings. The number of esters is 1. The van der Waals surface area contributed by atoms with E-state index in [0.29, 0.717) is 12.3 Å². The van der Waals surface area contributed by atoms with Gasteiger partial charge in [-0.15, -0.1) is 0 Å². The molecule has 1 aromatic rings. The molecule has 80 valence electrons. The van der Waals surface area contributed by atoms with Gasteiger partial charge in [-0.25, -0.2) is 0 Å². The van der Waals surface area contributed by atoms with Crippen LogP contribution < -0.4 is 5.73 Å². The van der Waals surface area contributed by atoms with Crippen LogP contribution in [-0.4, -0.2) is 13.1 Å². The second kappa shape index (κ2) is 3.93. The maximum Gasteiger partial charge on any atom is 0.305 e. The summed E-state index contributed by atoms with van der Waals surface area (Å²) in [6.07, 6.45) is 2.41. The van der Waals surface area contributed by atoms with E-state index in [2.05, 4.69) is 10.8 Å². The van der Waals surface area contributed by atoms with Gasteiger partial charge in [0.25, 0.3) is 0 Å². The molecule has 0 fully saturated rings. The first-order chi connectivity index (χ1) is 7.19. The normalized spacial score (nSPS) is 18.6. The maximum absolute atomic E-state index is 11.1. The Kier molecular flexibility index (Phi) is 2.62. The van der Waals surface area contributed by atoms with Crippen LogP contribution in [0.25, 0.3) is 0 Å². The van der Waals surface area contributed by atoms with E-state index in [4.69, 9.17) is 5.73 Å². The first kappa shape index (κ1) is 10.0. The Balaban J connectivity index is 2.06. The van der Waals surface area contributed by atoms with Gasteiger partial charge in [0.05, 0.1) is 7.11 Å². The Morgan fingerprint density at radius 1 is 1.47 bits per heavy atom. The van der Waals surface area contributed by atoms with Crippen LogP contribution >= 0.6 is 0 Å². The fourth-order valence-corrected chi connectivity index (χ4v) is 2.19. The predicted octanol–water partition coefficient (Wildman–Crippen LogP) is 1.55. The van der Waals surface area contributed by atoms with Gasteiger partial charge in [-0.2, -0.15) is 0 Å². The van der Waals surface area contributed by atoms with Crippen molar-refractivity contribution in [2.45, 2.75) is 19.3 Å². The highest BCUT2D eigenvalue weighted by Crippen LogP contribution is 2.30. The number of carbonyl (C=O) groups excluding carboxylic acids is 1. The standard InChI is InChI=1S/C12H15NO2/c1-15-12(14)6-8-4-9-2-3-11(13)7-10(9)5-8/h2-3,7-8H,4-6,13H2,1H3. The number of rotatable bonds is 2. The van der Waals surface area contributed by atoms with E-state index in [1.54, 1.807) is 0 Å². The Hall–Kier alpha value is -1.51. The van der Waals surface area contributed by atoms with Gasteiger partial charge in [0.1, 0.15) is 0 Å². The van der Waals surface area contributed by atoms with Gasteiger partial charge in [-0.3, -0.25) is 4.79 Å². The fourth-order valence-electron chi connectivity index (χ4n) is 2.19. The zero-order valence-corrected chi connectivity index (χ0v) is 8.82. The highest BCUT2D eigenvalue weighted by Gasteiger charge is 2.23. The van der Waals surface area contributed by atoms with Crippen LogP contribution in [0.4, 0.5) is 5.69 Å². The second-order valence-corrected chi connectivity index (χ2v) is 4.08. The Morgan fingerprint density at radius 2 is 2.20 bits per heavy atom. The lowest BCUT2D eigenvalue weighted by Gasteiger charge is -2.05. The van der Waals surface area contributed by atoms with E-state index in [9.17, 15) is 4.79 Å². The summed E-state index contributed by atoms with van der Waals surface area (Å²) in [6.45, 7) is 0. The highest BCUT2D eigenvalue weighted by molar-refractivity contribution is 5.69. The van der Waals surface area contributed by atoms with E-state index >= 15 is 0 Å². The van der Waals surface area contributed by atoms with E-state index in [1.165, 1.54) is 18.2 Å². The molecule has 1 aliphatic carbocycles. The Bertz CT molecular complexity index is 387. The van der Waals surface area contributed by atoms with Crippen molar-refractivity contribution in [3.63, 3.8) is 0 Å². The predicted molar refractivity (Wildman–Crippen MR) is 58.4 cm³/mol. The van der Waals surface area contributed by atoms with Crippen LogP contribution in [0.1, 0.15) is 17.5 Å². The van der Waals surface area contributed by atoms with Crippen molar-refractivity contribution in [3.8, 4) is 0 Å².